The molecule has 1 aromatic carbocycles. The lowest BCUT2D eigenvalue weighted by Crippen LogP contribution is -2.03. The number of carbonyl (C=O) groups is 1. The summed E-state index contributed by atoms with van der Waals surface area (Å²) in [5, 5.41) is 0.678. The molecule has 1 atom stereocenters. The number of aldehydes is 1. The first-order valence-corrected chi connectivity index (χ1v) is 11.5. The first-order chi connectivity index (χ1) is 15.2. The number of nitrogens with zero attached hydrogens (tertiary/aromatic N) is 1. The van der Waals surface area contributed by atoms with Gasteiger partial charge in [0, 0.05) is 12.0 Å². The number of halogens is 3. The number of alkyl halides is 3. The van der Waals surface area contributed by atoms with E-state index in [0.29, 0.717) is 23.6 Å². The standard InChI is InChI=1S/C25H30F3NO2S/c1-5-17(2)20(10-8-15-30)9-6-7-16-31-19(4)23-18(3)29-24(32-23)21-11-13-22(14-12-21)25(26,27)28/h6-7,11-15,19H,5,8-10,16H2,1-4H3/b7-6-,20-17+/t19-/m1/s1. The van der Waals surface area contributed by atoms with Crippen molar-refractivity contribution in [1.29, 1.82) is 0 Å². The van der Waals surface area contributed by atoms with Gasteiger partial charge >= 0.3 is 6.18 Å². The van der Waals surface area contributed by atoms with Gasteiger partial charge in [-0.05, 0) is 52.2 Å². The van der Waals surface area contributed by atoms with E-state index in [-0.39, 0.29) is 6.10 Å². The van der Waals surface area contributed by atoms with Gasteiger partial charge in [0.25, 0.3) is 0 Å². The van der Waals surface area contributed by atoms with Crippen molar-refractivity contribution in [2.24, 2.45) is 0 Å². The van der Waals surface area contributed by atoms with Gasteiger partial charge in [-0.15, -0.1) is 11.3 Å². The van der Waals surface area contributed by atoms with Crippen molar-refractivity contribution < 1.29 is 22.7 Å². The molecule has 2 rings (SSSR count). The summed E-state index contributed by atoms with van der Waals surface area (Å²) in [4.78, 5) is 16.2. The molecule has 0 saturated carbocycles. The predicted molar refractivity (Wildman–Crippen MR) is 124 cm³/mol. The average Bonchev–Trinajstić information content (AvgIpc) is 3.16. The molecule has 2 aromatic rings. The highest BCUT2D eigenvalue weighted by atomic mass is 32.1. The highest BCUT2D eigenvalue weighted by molar-refractivity contribution is 7.15. The Morgan fingerprint density at radius 3 is 2.50 bits per heavy atom. The number of thiazole rings is 1. The van der Waals surface area contributed by atoms with Gasteiger partial charge in [-0.25, -0.2) is 4.98 Å². The summed E-state index contributed by atoms with van der Waals surface area (Å²) in [5.74, 6) is 0. The van der Waals surface area contributed by atoms with Crippen molar-refractivity contribution >= 4 is 17.6 Å². The smallest absolute Gasteiger partial charge is 0.369 e. The van der Waals surface area contributed by atoms with Gasteiger partial charge in [0.05, 0.1) is 28.8 Å². The Morgan fingerprint density at radius 1 is 1.22 bits per heavy atom. The lowest BCUT2D eigenvalue weighted by molar-refractivity contribution is -0.137. The third kappa shape index (κ3) is 7.41. The van der Waals surface area contributed by atoms with E-state index in [1.54, 1.807) is 0 Å². The van der Waals surface area contributed by atoms with Crippen molar-refractivity contribution in [3.05, 3.63) is 63.7 Å². The summed E-state index contributed by atoms with van der Waals surface area (Å²) >= 11 is 1.44. The maximum absolute atomic E-state index is 12.8. The molecule has 0 saturated heterocycles. The molecule has 0 spiro atoms. The van der Waals surface area contributed by atoms with Crippen LogP contribution in [0, 0.1) is 6.92 Å². The highest BCUT2D eigenvalue weighted by Crippen LogP contribution is 2.35. The number of aromatic nitrogens is 1. The van der Waals surface area contributed by atoms with E-state index < -0.39 is 11.7 Å². The summed E-state index contributed by atoms with van der Waals surface area (Å²) in [6.07, 6.45) is 3.59. The quantitative estimate of drug-likeness (QED) is 0.250. The Kier molecular flexibility index (Phi) is 9.84. The van der Waals surface area contributed by atoms with Crippen LogP contribution in [0.5, 0.6) is 0 Å². The van der Waals surface area contributed by atoms with Gasteiger partial charge in [-0.1, -0.05) is 42.4 Å². The molecule has 7 heteroatoms. The van der Waals surface area contributed by atoms with Crippen LogP contribution < -0.4 is 0 Å². The van der Waals surface area contributed by atoms with E-state index >= 15 is 0 Å². The summed E-state index contributed by atoms with van der Waals surface area (Å²) in [5.41, 5.74) is 3.42. The van der Waals surface area contributed by atoms with Gasteiger partial charge in [-0.2, -0.15) is 13.2 Å². The van der Waals surface area contributed by atoms with Gasteiger partial charge in [0.2, 0.25) is 0 Å². The fourth-order valence-corrected chi connectivity index (χ4v) is 4.32. The largest absolute Gasteiger partial charge is 0.416 e. The lowest BCUT2D eigenvalue weighted by Gasteiger charge is -2.10. The molecular formula is C25H30F3NO2S. The van der Waals surface area contributed by atoms with Crippen molar-refractivity contribution in [3.8, 4) is 10.6 Å². The molecule has 3 nitrogen and oxygen atoms in total. The Bertz CT molecular complexity index is 943. The SMILES string of the molecule is CC/C(C)=C(\C/C=C\CO[C@H](C)c1sc(-c2ccc(C(F)(F)F)cc2)nc1C)CCC=O. The second-order valence-corrected chi connectivity index (χ2v) is 8.67. The van der Waals surface area contributed by atoms with Gasteiger partial charge in [-0.3, -0.25) is 0 Å². The molecule has 174 valence electrons. The van der Waals surface area contributed by atoms with Crippen LogP contribution in [0.25, 0.3) is 10.6 Å². The zero-order valence-electron chi connectivity index (χ0n) is 19.0. The van der Waals surface area contributed by atoms with Crippen LogP contribution in [0.3, 0.4) is 0 Å². The fourth-order valence-electron chi connectivity index (χ4n) is 3.25. The lowest BCUT2D eigenvalue weighted by atomic mass is 9.99. The van der Waals surface area contributed by atoms with Crippen molar-refractivity contribution in [3.63, 3.8) is 0 Å². The normalized spacial score (nSPS) is 14.0. The van der Waals surface area contributed by atoms with Crippen LogP contribution >= 0.6 is 11.3 Å². The molecular weight excluding hydrogens is 435 g/mol. The number of carbonyl (C=O) groups excluding carboxylic acids is 1. The number of hydrogen-bond acceptors (Lipinski definition) is 4. The maximum atomic E-state index is 12.8. The second-order valence-electron chi connectivity index (χ2n) is 7.64. The molecule has 0 aliphatic rings. The summed E-state index contributed by atoms with van der Waals surface area (Å²) in [7, 11) is 0. The van der Waals surface area contributed by atoms with Crippen molar-refractivity contribution in [2.75, 3.05) is 6.61 Å². The Balaban J connectivity index is 1.97. The Morgan fingerprint density at radius 2 is 1.91 bits per heavy atom. The number of hydrogen-bond donors (Lipinski definition) is 0. The maximum Gasteiger partial charge on any atom is 0.416 e. The topological polar surface area (TPSA) is 39.2 Å². The molecule has 0 unspecified atom stereocenters. The highest BCUT2D eigenvalue weighted by Gasteiger charge is 2.30. The van der Waals surface area contributed by atoms with Crippen LogP contribution in [-0.4, -0.2) is 17.9 Å². The van der Waals surface area contributed by atoms with E-state index in [0.717, 1.165) is 48.3 Å². The Hall–Kier alpha value is -2.25. The van der Waals surface area contributed by atoms with Crippen LogP contribution in [0.1, 0.15) is 68.7 Å². The minimum absolute atomic E-state index is 0.178. The van der Waals surface area contributed by atoms with E-state index in [1.165, 1.54) is 34.6 Å². The Labute approximate surface area is 192 Å². The van der Waals surface area contributed by atoms with Crippen molar-refractivity contribution in [2.45, 2.75) is 65.7 Å². The van der Waals surface area contributed by atoms with Crippen LogP contribution in [0.15, 0.2) is 47.6 Å². The monoisotopic (exact) mass is 465 g/mol. The van der Waals surface area contributed by atoms with Crippen LogP contribution in [0.2, 0.25) is 0 Å². The number of allylic oxidation sites excluding steroid dienone is 3. The minimum atomic E-state index is -4.35. The third-order valence-corrected chi connectivity index (χ3v) is 6.70. The second kappa shape index (κ2) is 12.1. The van der Waals surface area contributed by atoms with Gasteiger partial charge in [0.1, 0.15) is 11.3 Å². The van der Waals surface area contributed by atoms with E-state index in [1.807, 2.05) is 19.9 Å². The van der Waals surface area contributed by atoms with E-state index in [2.05, 4.69) is 24.9 Å². The van der Waals surface area contributed by atoms with Gasteiger partial charge < -0.3 is 9.53 Å². The summed E-state index contributed by atoms with van der Waals surface area (Å²) in [6.45, 7) is 8.49. The average molecular weight is 466 g/mol. The zero-order valence-corrected chi connectivity index (χ0v) is 19.8. The molecule has 0 amide bonds. The number of rotatable bonds is 11. The van der Waals surface area contributed by atoms with Crippen molar-refractivity contribution in [1.82, 2.24) is 4.98 Å². The molecule has 0 bridgehead atoms. The van der Waals surface area contributed by atoms with Gasteiger partial charge in [0.15, 0.2) is 0 Å². The zero-order chi connectivity index (χ0) is 23.7. The molecule has 0 fully saturated rings. The number of ether oxygens (including phenoxy) is 1. The molecule has 32 heavy (non-hydrogen) atoms. The summed E-state index contributed by atoms with van der Waals surface area (Å²) in [6, 6.07) is 5.06. The summed E-state index contributed by atoms with van der Waals surface area (Å²) < 4.78 is 44.3. The van der Waals surface area contributed by atoms with E-state index in [9.17, 15) is 18.0 Å². The predicted octanol–water partition coefficient (Wildman–Crippen LogP) is 7.87. The fraction of sp³-hybridized carbons (Fsp3) is 0.440. The van der Waals surface area contributed by atoms with Crippen LogP contribution in [0.4, 0.5) is 13.2 Å². The first-order valence-electron chi connectivity index (χ1n) is 10.7. The molecule has 0 N–H and O–H groups in total. The number of aryl methyl sites for hydroxylation is 1. The molecule has 0 aliphatic heterocycles. The third-order valence-electron chi connectivity index (χ3n) is 5.33. The molecule has 1 aromatic heterocycles. The molecule has 0 aliphatic carbocycles. The number of benzene rings is 1. The van der Waals surface area contributed by atoms with E-state index in [4.69, 9.17) is 4.74 Å². The molecule has 1 heterocycles. The van der Waals surface area contributed by atoms with Crippen LogP contribution in [-0.2, 0) is 15.7 Å². The minimum Gasteiger partial charge on any atom is -0.369 e. The molecule has 0 radical (unpaired) electrons. The first kappa shape index (κ1) is 26.0.